The van der Waals surface area contributed by atoms with Crippen LogP contribution in [-0.2, 0) is 35.7 Å². The molecule has 72 heavy (non-hydrogen) atoms. The van der Waals surface area contributed by atoms with Gasteiger partial charge in [-0.25, -0.2) is 13.4 Å². The van der Waals surface area contributed by atoms with Gasteiger partial charge in [0.15, 0.2) is 0 Å². The van der Waals surface area contributed by atoms with Crippen molar-refractivity contribution in [1.82, 2.24) is 20.5 Å². The van der Waals surface area contributed by atoms with E-state index in [-0.39, 0.29) is 62.2 Å². The number of carbonyl (C=O) groups excluding carboxylic acids is 3. The molecule has 5 N–H and O–H groups in total. The van der Waals surface area contributed by atoms with Gasteiger partial charge in [-0.3, -0.25) is 18.7 Å². The molecular weight excluding hydrogens is 955 g/mol. The summed E-state index contributed by atoms with van der Waals surface area (Å²) >= 11 is 1.57. The van der Waals surface area contributed by atoms with Gasteiger partial charge in [-0.15, -0.1) is 11.3 Å². The van der Waals surface area contributed by atoms with Gasteiger partial charge in [0.2, 0.25) is 27.7 Å². The predicted molar refractivity (Wildman–Crippen MR) is 279 cm³/mol. The van der Waals surface area contributed by atoms with E-state index < -0.39 is 57.0 Å². The average Bonchev–Trinajstić information content (AvgIpc) is 4.17. The van der Waals surface area contributed by atoms with Crippen molar-refractivity contribution in [2.24, 2.45) is 5.41 Å². The molecule has 3 aliphatic heterocycles. The zero-order valence-corrected chi connectivity index (χ0v) is 43.0. The van der Waals surface area contributed by atoms with Crippen LogP contribution in [0.5, 0.6) is 17.2 Å². The van der Waals surface area contributed by atoms with E-state index in [0.717, 1.165) is 63.2 Å². The highest BCUT2D eigenvalue weighted by Gasteiger charge is 2.54. The number of sulfonamides is 1. The third kappa shape index (κ3) is 11.6. The van der Waals surface area contributed by atoms with Crippen LogP contribution in [0.1, 0.15) is 95.0 Å². The Morgan fingerprint density at radius 2 is 1.49 bits per heavy atom. The zero-order valence-electron chi connectivity index (χ0n) is 41.4. The number of aromatic hydroxyl groups is 2. The van der Waals surface area contributed by atoms with Crippen LogP contribution < -0.4 is 19.7 Å². The fourth-order valence-corrected chi connectivity index (χ4v) is 12.8. The first-order valence-corrected chi connectivity index (χ1v) is 27.1. The summed E-state index contributed by atoms with van der Waals surface area (Å²) < 4.78 is 42.8. The fraction of sp³-hybridized carbons (Fsp3) is 0.418. The van der Waals surface area contributed by atoms with Crippen molar-refractivity contribution in [3.8, 4) is 27.7 Å². The molecule has 0 aliphatic carbocycles. The summed E-state index contributed by atoms with van der Waals surface area (Å²) in [6, 6.07) is 26.6. The molecule has 0 spiro atoms. The van der Waals surface area contributed by atoms with Crippen molar-refractivity contribution >= 4 is 55.9 Å². The number of nitrogens with one attached hydrogen (secondary N) is 2. The molecule has 1 aromatic heterocycles. The van der Waals surface area contributed by atoms with Gasteiger partial charge in [-0.05, 0) is 120 Å². The number of benzene rings is 4. The summed E-state index contributed by atoms with van der Waals surface area (Å²) in [5, 5.41) is 35.6. The third-order valence-corrected chi connectivity index (χ3v) is 17.0. The quantitative estimate of drug-likeness (QED) is 0.0473. The van der Waals surface area contributed by atoms with E-state index >= 15 is 0 Å². The monoisotopic (exact) mass is 1020 g/mol. The first-order valence-electron chi connectivity index (χ1n) is 24.7. The van der Waals surface area contributed by atoms with E-state index in [1.807, 2.05) is 57.5 Å². The minimum absolute atomic E-state index is 0.00166. The Hall–Kier alpha value is -6.27. The number of aliphatic hydroxyl groups excluding tert-OH is 1. The van der Waals surface area contributed by atoms with Crippen molar-refractivity contribution in [1.29, 1.82) is 0 Å². The second kappa shape index (κ2) is 22.2. The number of aliphatic hydroxyl groups is 1. The predicted octanol–water partition coefficient (Wildman–Crippen LogP) is 7.97. The number of hydrogen-bond acceptors (Lipinski definition) is 12. The Bertz CT molecular complexity index is 2850. The Morgan fingerprint density at radius 1 is 0.861 bits per heavy atom. The van der Waals surface area contributed by atoms with Crippen LogP contribution in [0.15, 0.2) is 103 Å². The minimum Gasteiger partial charge on any atom is -0.508 e. The first-order chi connectivity index (χ1) is 34.4. The highest BCUT2D eigenvalue weighted by atomic mass is 32.2. The number of likely N-dealkylation sites (tertiary alicyclic amines) is 1. The van der Waals surface area contributed by atoms with Crippen LogP contribution in [0.2, 0.25) is 0 Å². The van der Waals surface area contributed by atoms with Gasteiger partial charge < -0.3 is 40.3 Å². The highest BCUT2D eigenvalue weighted by Crippen LogP contribution is 2.51. The van der Waals surface area contributed by atoms with E-state index in [0.29, 0.717) is 24.5 Å². The Kier molecular flexibility index (Phi) is 16.1. The SMILES string of the molecule is CCN(c1ccc(OCCCCCCC(=O)N[C@H](C(=O)N2C[C@H](O)C[C@H]2C(=O)NCc2ccc(-c3scnc3C)cc2)C(C)(C)C)cc1)S(=O)(=O)C1C[C@H]2O[C@@H]1C(c1ccc(O)cc1)=C2c1ccc(O)cc1. The number of unbranched alkanes of at least 4 members (excludes halogenated alkanes) is 3. The number of nitrogens with zero attached hydrogens (tertiary/aromatic N) is 3. The second-order valence-electron chi connectivity index (χ2n) is 19.9. The maximum absolute atomic E-state index is 14.5. The molecule has 5 aromatic rings. The van der Waals surface area contributed by atoms with E-state index in [4.69, 9.17) is 9.47 Å². The molecule has 2 bridgehead atoms. The molecule has 17 heteroatoms. The summed E-state index contributed by atoms with van der Waals surface area (Å²) in [5.74, 6) is -0.202. The van der Waals surface area contributed by atoms with Crippen LogP contribution in [-0.4, -0.2) is 107 Å². The number of hydrogen-bond donors (Lipinski definition) is 5. The molecule has 382 valence electrons. The topological polar surface area (TPSA) is 208 Å². The normalized spacial score (nSPS) is 20.1. The maximum atomic E-state index is 14.5. The Balaban J connectivity index is 0.786. The van der Waals surface area contributed by atoms with Crippen LogP contribution >= 0.6 is 11.3 Å². The Labute approximate surface area is 426 Å². The molecule has 3 aliphatic rings. The third-order valence-electron chi connectivity index (χ3n) is 13.7. The molecule has 0 saturated carbocycles. The van der Waals surface area contributed by atoms with E-state index in [1.165, 1.54) is 9.21 Å². The van der Waals surface area contributed by atoms with Crippen molar-refractivity contribution < 1.29 is 47.6 Å². The lowest BCUT2D eigenvalue weighted by Crippen LogP contribution is -2.57. The number of carbonyl (C=O) groups is 3. The van der Waals surface area contributed by atoms with Gasteiger partial charge in [0.05, 0.1) is 40.6 Å². The number of β-amino-alcohol motifs (C(OH)–C–C–N with tert-alkyl or cyclic N) is 1. The van der Waals surface area contributed by atoms with Gasteiger partial charge in [0.25, 0.3) is 0 Å². The first kappa shape index (κ1) is 52.1. The number of anilines is 1. The molecule has 3 amide bonds. The molecule has 2 saturated heterocycles. The van der Waals surface area contributed by atoms with Gasteiger partial charge in [-0.2, -0.15) is 0 Å². The summed E-state index contributed by atoms with van der Waals surface area (Å²) in [6.07, 6.45) is 1.40. The van der Waals surface area contributed by atoms with E-state index in [9.17, 15) is 38.1 Å². The number of thiazole rings is 1. The molecule has 15 nitrogen and oxygen atoms in total. The second-order valence-corrected chi connectivity index (χ2v) is 22.8. The molecule has 1 unspecified atom stereocenters. The van der Waals surface area contributed by atoms with Gasteiger partial charge in [0, 0.05) is 32.5 Å². The van der Waals surface area contributed by atoms with E-state index in [2.05, 4.69) is 15.6 Å². The summed E-state index contributed by atoms with van der Waals surface area (Å²) in [7, 11) is -3.92. The molecule has 0 radical (unpaired) electrons. The summed E-state index contributed by atoms with van der Waals surface area (Å²) in [5.41, 5.74) is 7.78. The van der Waals surface area contributed by atoms with Crippen LogP contribution in [0, 0.1) is 12.3 Å². The number of amides is 3. The molecular formula is C55H65N5O10S2. The summed E-state index contributed by atoms with van der Waals surface area (Å²) in [6.45, 7) is 10.2. The lowest BCUT2D eigenvalue weighted by Gasteiger charge is -2.35. The van der Waals surface area contributed by atoms with Gasteiger partial charge in [-0.1, -0.05) is 82.1 Å². The van der Waals surface area contributed by atoms with Gasteiger partial charge >= 0.3 is 0 Å². The molecule has 4 aromatic carbocycles. The number of ether oxygens (including phenoxy) is 2. The zero-order chi connectivity index (χ0) is 51.3. The lowest BCUT2D eigenvalue weighted by molar-refractivity contribution is -0.144. The van der Waals surface area contributed by atoms with Crippen molar-refractivity contribution in [3.05, 3.63) is 125 Å². The van der Waals surface area contributed by atoms with E-state index in [1.54, 1.807) is 91.1 Å². The van der Waals surface area contributed by atoms with Crippen LogP contribution in [0.25, 0.3) is 21.6 Å². The smallest absolute Gasteiger partial charge is 0.246 e. The number of aryl methyl sites for hydroxylation is 1. The van der Waals surface area contributed by atoms with Crippen molar-refractivity contribution in [3.63, 3.8) is 0 Å². The molecule has 8 rings (SSSR count). The Morgan fingerprint density at radius 3 is 2.10 bits per heavy atom. The number of phenols is 2. The maximum Gasteiger partial charge on any atom is 0.246 e. The lowest BCUT2D eigenvalue weighted by atomic mass is 9.83. The minimum atomic E-state index is -3.92. The number of phenolic OH excluding ortho intramolecular Hbond substituents is 2. The standard InChI is InChI=1S/C55H65N5O10S2/c1-6-60(72(67,68)46-30-45-48(36-16-22-40(61)23-17-36)49(50(46)70-45)37-18-24-41(62)25-19-37)39-20-26-43(27-21-39)69-28-10-8-7-9-11-47(64)58-52(55(3,4)5)54(66)59-32-42(63)29-44(59)53(65)56-31-35-12-14-38(15-13-35)51-34(2)57-33-71-51/h12-27,33,42,44-46,50,52,61-63H,6-11,28-32H2,1-5H3,(H,56,65)(H,58,64)/t42-,44+,45-,46?,50+,52-/m1/s1. The van der Waals surface area contributed by atoms with Crippen LogP contribution in [0.3, 0.4) is 0 Å². The molecule has 4 heterocycles. The fourth-order valence-electron chi connectivity index (χ4n) is 9.97. The number of rotatable bonds is 20. The molecule has 2 fully saturated rings. The largest absolute Gasteiger partial charge is 0.508 e. The summed E-state index contributed by atoms with van der Waals surface area (Å²) in [4.78, 5) is 47.6. The molecule has 6 atom stereocenters. The van der Waals surface area contributed by atoms with Gasteiger partial charge in [0.1, 0.15) is 40.7 Å². The van der Waals surface area contributed by atoms with Crippen molar-refractivity contribution in [2.45, 2.75) is 122 Å². The number of fused-ring (bicyclic) bond motifs is 2. The average molecular weight is 1020 g/mol. The van der Waals surface area contributed by atoms with Crippen LogP contribution in [0.4, 0.5) is 5.69 Å². The van der Waals surface area contributed by atoms with Crippen molar-refractivity contribution in [2.75, 3.05) is 24.0 Å². The number of aromatic nitrogens is 1. The highest BCUT2D eigenvalue weighted by molar-refractivity contribution is 7.93.